The van der Waals surface area contributed by atoms with Crippen molar-refractivity contribution in [3.05, 3.63) is 86.0 Å². The average Bonchev–Trinajstić information content (AvgIpc) is 3.44. The van der Waals surface area contributed by atoms with E-state index in [4.69, 9.17) is 5.26 Å². The Balaban J connectivity index is 1.61. The molecule has 2 N–H and O–H groups in total. The number of aromatic nitrogens is 5. The number of aromatic amines is 2. The highest BCUT2D eigenvalue weighted by atomic mass is 19.1. The van der Waals surface area contributed by atoms with Gasteiger partial charge in [-0.3, -0.25) is 9.78 Å². The number of hydrogen-bond donors (Lipinski definition) is 2. The third kappa shape index (κ3) is 2.79. The number of nitriles is 1. The Morgan fingerprint density at radius 1 is 1.20 bits per heavy atom. The Morgan fingerprint density at radius 2 is 2.03 bits per heavy atom. The minimum Gasteiger partial charge on any atom is -0.313 e. The van der Waals surface area contributed by atoms with Gasteiger partial charge in [0.1, 0.15) is 11.9 Å². The fourth-order valence-corrected chi connectivity index (χ4v) is 3.73. The summed E-state index contributed by atoms with van der Waals surface area (Å²) < 4.78 is 29.3. The summed E-state index contributed by atoms with van der Waals surface area (Å²) in [5.74, 6) is -1.42. The third-order valence-electron chi connectivity index (χ3n) is 5.28. The van der Waals surface area contributed by atoms with Gasteiger partial charge in [-0.25, -0.2) is 14.2 Å². The van der Waals surface area contributed by atoms with E-state index in [1.165, 1.54) is 18.3 Å². The minimum atomic E-state index is -0.699. The molecule has 1 aliphatic rings. The van der Waals surface area contributed by atoms with Crippen molar-refractivity contribution >= 4 is 5.65 Å². The molecule has 0 spiro atoms. The highest BCUT2D eigenvalue weighted by Gasteiger charge is 2.42. The predicted molar refractivity (Wildman–Crippen MR) is 101 cm³/mol. The summed E-state index contributed by atoms with van der Waals surface area (Å²) in [6, 6.07) is 7.89. The van der Waals surface area contributed by atoms with Gasteiger partial charge in [0.25, 0.3) is 5.56 Å². The molecule has 0 unspecified atom stereocenters. The number of rotatable bonds is 3. The first-order valence-corrected chi connectivity index (χ1v) is 9.02. The quantitative estimate of drug-likeness (QED) is 0.541. The lowest BCUT2D eigenvalue weighted by Crippen LogP contribution is -2.23. The van der Waals surface area contributed by atoms with Crippen LogP contribution in [0.5, 0.6) is 0 Å². The molecule has 5 rings (SSSR count). The van der Waals surface area contributed by atoms with Crippen LogP contribution in [0.2, 0.25) is 0 Å². The molecule has 1 fully saturated rings. The molecular formula is C20H12F2N6O2. The molecule has 3 heterocycles. The van der Waals surface area contributed by atoms with E-state index in [9.17, 15) is 18.4 Å². The molecule has 30 heavy (non-hydrogen) atoms. The van der Waals surface area contributed by atoms with E-state index in [-0.39, 0.29) is 28.7 Å². The fourth-order valence-electron chi connectivity index (χ4n) is 3.73. The monoisotopic (exact) mass is 406 g/mol. The predicted octanol–water partition coefficient (Wildman–Crippen LogP) is 2.19. The lowest BCUT2D eigenvalue weighted by Gasteiger charge is -2.08. The molecule has 3 aromatic heterocycles. The first-order chi connectivity index (χ1) is 14.5. The van der Waals surface area contributed by atoms with Gasteiger partial charge in [0.05, 0.1) is 23.0 Å². The summed E-state index contributed by atoms with van der Waals surface area (Å²) in [5, 5.41) is 13.0. The van der Waals surface area contributed by atoms with Gasteiger partial charge in [-0.1, -0.05) is 6.07 Å². The molecule has 148 valence electrons. The maximum atomic E-state index is 14.2. The van der Waals surface area contributed by atoms with Gasteiger partial charge >= 0.3 is 5.69 Å². The summed E-state index contributed by atoms with van der Waals surface area (Å²) in [7, 11) is 0. The number of nitrogens with one attached hydrogen (secondary N) is 2. The van der Waals surface area contributed by atoms with Crippen molar-refractivity contribution in [3.63, 3.8) is 0 Å². The van der Waals surface area contributed by atoms with Gasteiger partial charge < -0.3 is 4.98 Å². The van der Waals surface area contributed by atoms with Crippen LogP contribution in [-0.2, 0) is 0 Å². The molecule has 1 aromatic carbocycles. The topological polar surface area (TPSA) is 120 Å². The van der Waals surface area contributed by atoms with Crippen LogP contribution < -0.4 is 11.2 Å². The fraction of sp³-hybridized carbons (Fsp3) is 0.150. The van der Waals surface area contributed by atoms with Gasteiger partial charge in [0.2, 0.25) is 5.95 Å². The number of halogens is 2. The molecular weight excluding hydrogens is 394 g/mol. The molecule has 1 saturated carbocycles. The van der Waals surface area contributed by atoms with E-state index in [1.807, 2.05) is 0 Å². The molecule has 0 aliphatic heterocycles. The number of benzene rings is 1. The Morgan fingerprint density at radius 3 is 2.77 bits per heavy atom. The molecule has 0 bridgehead atoms. The van der Waals surface area contributed by atoms with Crippen LogP contribution in [0.4, 0.5) is 8.78 Å². The smallest absolute Gasteiger partial charge is 0.313 e. The maximum absolute atomic E-state index is 14.2. The highest BCUT2D eigenvalue weighted by Crippen LogP contribution is 2.55. The van der Waals surface area contributed by atoms with E-state index in [1.54, 1.807) is 18.2 Å². The van der Waals surface area contributed by atoms with Crippen molar-refractivity contribution in [1.29, 1.82) is 5.26 Å². The van der Waals surface area contributed by atoms with Gasteiger partial charge in [0.15, 0.2) is 5.65 Å². The zero-order valence-electron chi connectivity index (χ0n) is 15.2. The van der Waals surface area contributed by atoms with Gasteiger partial charge in [-0.05, 0) is 42.0 Å². The molecule has 0 radical (unpaired) electrons. The average molecular weight is 406 g/mol. The van der Waals surface area contributed by atoms with Crippen LogP contribution in [0.15, 0.2) is 46.2 Å². The van der Waals surface area contributed by atoms with Crippen LogP contribution in [-0.4, -0.2) is 24.6 Å². The Bertz CT molecular complexity index is 1480. The van der Waals surface area contributed by atoms with E-state index in [2.05, 4.69) is 20.1 Å². The lowest BCUT2D eigenvalue weighted by atomic mass is 10.0. The number of H-pyrrole nitrogens is 2. The minimum absolute atomic E-state index is 0.0304. The molecule has 1 aliphatic carbocycles. The van der Waals surface area contributed by atoms with Crippen molar-refractivity contribution in [2.24, 2.45) is 0 Å². The number of hydrogen-bond acceptors (Lipinski definition) is 5. The maximum Gasteiger partial charge on any atom is 0.325 e. The van der Waals surface area contributed by atoms with Crippen molar-refractivity contribution in [2.45, 2.75) is 18.3 Å². The molecule has 10 heteroatoms. The Kier molecular flexibility index (Phi) is 3.86. The van der Waals surface area contributed by atoms with Crippen molar-refractivity contribution in [2.75, 3.05) is 0 Å². The van der Waals surface area contributed by atoms with Crippen molar-refractivity contribution < 1.29 is 8.78 Å². The van der Waals surface area contributed by atoms with E-state index in [0.717, 1.165) is 16.3 Å². The van der Waals surface area contributed by atoms with Crippen LogP contribution >= 0.6 is 0 Å². The molecule has 0 amide bonds. The van der Waals surface area contributed by atoms with Gasteiger partial charge in [-0.15, -0.1) is 0 Å². The number of imidazole rings is 1. The second-order valence-corrected chi connectivity index (χ2v) is 7.09. The second-order valence-electron chi connectivity index (χ2n) is 7.09. The van der Waals surface area contributed by atoms with Crippen molar-refractivity contribution in [3.8, 4) is 17.3 Å². The van der Waals surface area contributed by atoms with E-state index in [0.29, 0.717) is 17.6 Å². The lowest BCUT2D eigenvalue weighted by molar-refractivity contribution is 0.549. The van der Waals surface area contributed by atoms with Crippen LogP contribution in [0.25, 0.3) is 16.9 Å². The molecule has 2 atom stereocenters. The van der Waals surface area contributed by atoms with Crippen LogP contribution in [0.3, 0.4) is 0 Å². The Labute approximate surface area is 166 Å². The summed E-state index contributed by atoms with van der Waals surface area (Å²) in [6.45, 7) is 0. The largest absolute Gasteiger partial charge is 0.325 e. The summed E-state index contributed by atoms with van der Waals surface area (Å²) in [5.41, 5.74) is 0.584. The van der Waals surface area contributed by atoms with Gasteiger partial charge in [-0.2, -0.15) is 19.3 Å². The molecule has 4 aromatic rings. The highest BCUT2D eigenvalue weighted by molar-refractivity contribution is 5.63. The van der Waals surface area contributed by atoms with E-state index < -0.39 is 23.0 Å². The van der Waals surface area contributed by atoms with Crippen LogP contribution in [0.1, 0.15) is 34.9 Å². The summed E-state index contributed by atoms with van der Waals surface area (Å²) >= 11 is 0. The summed E-state index contributed by atoms with van der Waals surface area (Å²) in [4.78, 5) is 32.1. The molecule has 0 saturated heterocycles. The number of fused-ring (bicyclic) bond motifs is 1. The van der Waals surface area contributed by atoms with E-state index >= 15 is 0 Å². The summed E-state index contributed by atoms with van der Waals surface area (Å²) in [6.07, 6.45) is 2.92. The van der Waals surface area contributed by atoms with Gasteiger partial charge in [0, 0.05) is 11.8 Å². The standard InChI is InChI=1S/C20H12F2N6O2/c21-15-3-9(1-2-10(15)6-23)11-4-12(11)13-5-16(14-7-25-20(30)26-19(14)29)27-28-17(22)8-24-18(13)28/h1-3,5,7-8,11-12H,4H2,(H2,25,26,29,30)/t11-,12+/m0/s1. The number of nitrogens with zero attached hydrogens (tertiary/aromatic N) is 4. The second kappa shape index (κ2) is 6.45. The van der Waals surface area contributed by atoms with Crippen molar-refractivity contribution in [1.82, 2.24) is 24.6 Å². The Hall–Kier alpha value is -4.13. The SMILES string of the molecule is N#Cc1ccc([C@@H]2C[C@H]2c2cc(-c3c[nH]c(=O)[nH]c3=O)nn3c(F)cnc23)cc1F. The first kappa shape index (κ1) is 17.9. The zero-order valence-corrected chi connectivity index (χ0v) is 15.2. The molecule has 8 nitrogen and oxygen atoms in total. The zero-order chi connectivity index (χ0) is 21.0. The normalized spacial score (nSPS) is 17.8. The van der Waals surface area contributed by atoms with Crippen LogP contribution in [0, 0.1) is 23.1 Å². The third-order valence-corrected chi connectivity index (χ3v) is 5.28. The first-order valence-electron chi connectivity index (χ1n) is 9.02.